The Morgan fingerprint density at radius 3 is 1.01 bits per heavy atom. The summed E-state index contributed by atoms with van der Waals surface area (Å²) in [6.45, 7) is 2.04. The Balaban J connectivity index is 0.951. The minimum Gasteiger partial charge on any atom is -0.489 e. The summed E-state index contributed by atoms with van der Waals surface area (Å²) in [6, 6.07) is 71.3. The van der Waals surface area contributed by atoms with Crippen LogP contribution in [0.4, 0.5) is 0 Å². The molecule has 0 spiro atoms. The zero-order valence-corrected chi connectivity index (χ0v) is 40.6. The summed E-state index contributed by atoms with van der Waals surface area (Å²) >= 11 is 0. The van der Waals surface area contributed by atoms with Gasteiger partial charge in [0.05, 0.1) is 17.1 Å². The fourth-order valence-corrected chi connectivity index (χ4v) is 7.90. The highest BCUT2D eigenvalue weighted by molar-refractivity contribution is 5.73. The van der Waals surface area contributed by atoms with E-state index in [2.05, 4.69) is 9.97 Å². The summed E-state index contributed by atoms with van der Waals surface area (Å²) in [5.41, 5.74) is 9.49. The zero-order chi connectivity index (χ0) is 50.0. The van der Waals surface area contributed by atoms with Crippen LogP contribution in [0.1, 0.15) is 44.6 Å². The number of hydrogen-bond acceptors (Lipinski definition) is 10. The number of ether oxygens (including phenoxy) is 6. The van der Waals surface area contributed by atoms with Crippen LogP contribution < -0.4 is 28.4 Å². The fraction of sp³-hybridized carbons (Fsp3) is 0.0938. The van der Waals surface area contributed by atoms with E-state index in [1.165, 1.54) is 0 Å². The molecular weight excluding hydrogens is 921 g/mol. The van der Waals surface area contributed by atoms with E-state index in [1.807, 2.05) is 231 Å². The van der Waals surface area contributed by atoms with Gasteiger partial charge in [0.25, 0.3) is 0 Å². The molecule has 0 saturated carbocycles. The van der Waals surface area contributed by atoms with Crippen molar-refractivity contribution in [2.75, 3.05) is 0 Å². The van der Waals surface area contributed by atoms with Crippen molar-refractivity contribution in [3.05, 3.63) is 275 Å². The minimum absolute atomic E-state index is 0.215. The molecule has 3 aromatic heterocycles. The van der Waals surface area contributed by atoms with Crippen LogP contribution in [0.5, 0.6) is 34.5 Å². The lowest BCUT2D eigenvalue weighted by molar-refractivity contribution is 0.276. The minimum atomic E-state index is 0.215. The second kappa shape index (κ2) is 24.5. The molecule has 0 amide bonds. The maximum Gasteiger partial charge on any atom is 0.179 e. The van der Waals surface area contributed by atoms with Gasteiger partial charge in [-0.05, 0) is 112 Å². The Morgan fingerprint density at radius 2 is 0.635 bits per heavy atom. The van der Waals surface area contributed by atoms with E-state index >= 15 is 0 Å². The Morgan fingerprint density at radius 1 is 0.284 bits per heavy atom. The van der Waals surface area contributed by atoms with Gasteiger partial charge in [-0.2, -0.15) is 0 Å². The second-order valence-corrected chi connectivity index (χ2v) is 17.3. The second-order valence-electron chi connectivity index (χ2n) is 17.3. The molecule has 10 aromatic rings. The zero-order valence-electron chi connectivity index (χ0n) is 40.6. The van der Waals surface area contributed by atoms with Gasteiger partial charge in [0.1, 0.15) is 79.8 Å². The summed E-state index contributed by atoms with van der Waals surface area (Å²) in [4.78, 5) is 18.9. The van der Waals surface area contributed by atoms with Crippen LogP contribution in [-0.2, 0) is 39.6 Å². The quantitative estimate of drug-likeness (QED) is 0.0651. The maximum absolute atomic E-state index is 6.65. The highest BCUT2D eigenvalue weighted by atomic mass is 16.5. The van der Waals surface area contributed by atoms with E-state index in [4.69, 9.17) is 38.4 Å². The van der Waals surface area contributed by atoms with Gasteiger partial charge in [-0.25, -0.2) is 9.97 Å². The molecular formula is C64H52N4O6. The number of rotatable bonds is 22. The highest BCUT2D eigenvalue weighted by Gasteiger charge is 2.13. The molecule has 0 N–H and O–H groups in total. The molecule has 7 aromatic carbocycles. The standard InChI is InChI=1S/C64H52N4O6/c1-5-17-47(18-6-1)41-69-57-33-52(34-58(39-57)70-42-48-19-7-2-8-20-48)45-73-55-31-51(27-28-54-37-63(61-25-13-15-29-65-61)68-64(67-54)62-26-14-16-30-66-62)32-56(38-55)74-46-53-35-59(71-43-49-21-9-3-10-22-49)40-60(36-53)72-44-50-23-11-4-12-24-50/h1-40H,41-46H2/b28-27+. The summed E-state index contributed by atoms with van der Waals surface area (Å²) < 4.78 is 38.6. The van der Waals surface area contributed by atoms with E-state index in [0.717, 1.165) is 44.6 Å². The molecule has 0 aliphatic heterocycles. The number of benzene rings is 7. The SMILES string of the molecule is C(=C\c1cc(-c2ccccn2)nc(-c2ccccn2)n1)/c1cc(OCc2cc(OCc3ccccc3)cc(OCc3ccccc3)c2)cc(OCc2cc(OCc3ccccc3)cc(OCc3ccccc3)c2)c1. The molecule has 0 fully saturated rings. The molecule has 3 heterocycles. The molecule has 364 valence electrons. The average molecular weight is 973 g/mol. The van der Waals surface area contributed by atoms with Gasteiger partial charge < -0.3 is 28.4 Å². The number of pyridine rings is 2. The lowest BCUT2D eigenvalue weighted by atomic mass is 10.1. The monoisotopic (exact) mass is 972 g/mol. The van der Waals surface area contributed by atoms with Crippen LogP contribution >= 0.6 is 0 Å². The predicted molar refractivity (Wildman–Crippen MR) is 289 cm³/mol. The van der Waals surface area contributed by atoms with Crippen molar-refractivity contribution in [2.24, 2.45) is 0 Å². The van der Waals surface area contributed by atoms with Crippen LogP contribution in [-0.4, -0.2) is 19.9 Å². The molecule has 10 heteroatoms. The van der Waals surface area contributed by atoms with E-state index in [0.29, 0.717) is 83.8 Å². The summed E-state index contributed by atoms with van der Waals surface area (Å²) in [5, 5.41) is 0. The first-order chi connectivity index (χ1) is 36.6. The Hall–Kier alpha value is -9.54. The Kier molecular flexibility index (Phi) is 15.9. The molecule has 10 rings (SSSR count). The molecule has 0 aliphatic carbocycles. The molecule has 0 bridgehead atoms. The summed E-state index contributed by atoms with van der Waals surface area (Å²) in [6.07, 6.45) is 7.40. The van der Waals surface area contributed by atoms with Gasteiger partial charge in [-0.1, -0.05) is 140 Å². The highest BCUT2D eigenvalue weighted by Crippen LogP contribution is 2.31. The molecule has 0 aliphatic rings. The summed E-state index contributed by atoms with van der Waals surface area (Å²) in [7, 11) is 0. The van der Waals surface area contributed by atoms with Crippen LogP contribution in [0, 0.1) is 0 Å². The largest absolute Gasteiger partial charge is 0.489 e. The molecule has 0 atom stereocenters. The first-order valence-electron chi connectivity index (χ1n) is 24.3. The number of hydrogen-bond donors (Lipinski definition) is 0. The van der Waals surface area contributed by atoms with Gasteiger partial charge in [0, 0.05) is 30.6 Å². The van der Waals surface area contributed by atoms with Crippen molar-refractivity contribution in [1.82, 2.24) is 19.9 Å². The van der Waals surface area contributed by atoms with Gasteiger partial charge >= 0.3 is 0 Å². The molecule has 74 heavy (non-hydrogen) atoms. The van der Waals surface area contributed by atoms with Crippen molar-refractivity contribution < 1.29 is 28.4 Å². The summed E-state index contributed by atoms with van der Waals surface area (Å²) in [5.74, 6) is 4.33. The third kappa shape index (κ3) is 14.1. The van der Waals surface area contributed by atoms with Crippen molar-refractivity contribution in [3.8, 4) is 57.4 Å². The third-order valence-corrected chi connectivity index (χ3v) is 11.6. The maximum atomic E-state index is 6.65. The molecule has 0 radical (unpaired) electrons. The van der Waals surface area contributed by atoms with E-state index in [1.54, 1.807) is 12.4 Å². The lowest BCUT2D eigenvalue weighted by Crippen LogP contribution is -2.03. The third-order valence-electron chi connectivity index (χ3n) is 11.6. The van der Waals surface area contributed by atoms with Gasteiger partial charge in [-0.15, -0.1) is 0 Å². The predicted octanol–water partition coefficient (Wildman–Crippen LogP) is 14.2. The van der Waals surface area contributed by atoms with Gasteiger partial charge in [0.2, 0.25) is 0 Å². The van der Waals surface area contributed by atoms with Crippen LogP contribution in [0.15, 0.2) is 231 Å². The lowest BCUT2D eigenvalue weighted by Gasteiger charge is -2.15. The Labute approximate surface area is 431 Å². The molecule has 0 saturated heterocycles. The van der Waals surface area contributed by atoms with Crippen LogP contribution in [0.25, 0.3) is 35.1 Å². The van der Waals surface area contributed by atoms with Crippen molar-refractivity contribution in [3.63, 3.8) is 0 Å². The smallest absolute Gasteiger partial charge is 0.179 e. The van der Waals surface area contributed by atoms with E-state index in [9.17, 15) is 0 Å². The fourth-order valence-electron chi connectivity index (χ4n) is 7.90. The molecule has 0 unspecified atom stereocenters. The normalized spacial score (nSPS) is 11.0. The van der Waals surface area contributed by atoms with E-state index < -0.39 is 0 Å². The van der Waals surface area contributed by atoms with Crippen molar-refractivity contribution in [1.29, 1.82) is 0 Å². The Bertz CT molecular complexity index is 3050. The average Bonchev–Trinajstić information content (AvgIpc) is 3.47. The van der Waals surface area contributed by atoms with Gasteiger partial charge in [-0.3, -0.25) is 9.97 Å². The van der Waals surface area contributed by atoms with Crippen LogP contribution in [0.2, 0.25) is 0 Å². The first-order valence-corrected chi connectivity index (χ1v) is 24.3. The topological polar surface area (TPSA) is 107 Å². The van der Waals surface area contributed by atoms with Crippen molar-refractivity contribution >= 4 is 12.2 Å². The first kappa shape index (κ1) is 48.1. The molecule has 10 nitrogen and oxygen atoms in total. The van der Waals surface area contributed by atoms with E-state index in [-0.39, 0.29) is 13.2 Å². The van der Waals surface area contributed by atoms with Gasteiger partial charge in [0.15, 0.2) is 5.82 Å². The van der Waals surface area contributed by atoms with Crippen LogP contribution in [0.3, 0.4) is 0 Å². The van der Waals surface area contributed by atoms with Crippen molar-refractivity contribution in [2.45, 2.75) is 39.6 Å². The number of nitrogens with zero attached hydrogens (tertiary/aromatic N) is 4. The number of aromatic nitrogens is 4.